The molecule has 0 spiro atoms. The van der Waals surface area contributed by atoms with Crippen LogP contribution in [0.4, 0.5) is 14.6 Å². The molecule has 0 aliphatic heterocycles. The van der Waals surface area contributed by atoms with Crippen molar-refractivity contribution in [2.45, 2.75) is 0 Å². The lowest BCUT2D eigenvalue weighted by molar-refractivity contribution is 0.406. The number of hydrogen-bond acceptors (Lipinski definition) is 3. The molecule has 0 atom stereocenters. The SMILES string of the molecule is CNc1cccc(Oc2cccc(F)c2F)n1. The van der Waals surface area contributed by atoms with E-state index in [9.17, 15) is 8.78 Å². The zero-order valence-corrected chi connectivity index (χ0v) is 9.08. The van der Waals surface area contributed by atoms with Crippen LogP contribution < -0.4 is 10.1 Å². The zero-order valence-electron chi connectivity index (χ0n) is 9.08. The smallest absolute Gasteiger partial charge is 0.221 e. The van der Waals surface area contributed by atoms with E-state index in [0.29, 0.717) is 5.82 Å². The average Bonchev–Trinajstić information content (AvgIpc) is 2.35. The van der Waals surface area contributed by atoms with Gasteiger partial charge in [0.1, 0.15) is 5.82 Å². The summed E-state index contributed by atoms with van der Waals surface area (Å²) in [7, 11) is 1.70. The third-order valence-corrected chi connectivity index (χ3v) is 2.11. The molecule has 3 nitrogen and oxygen atoms in total. The van der Waals surface area contributed by atoms with Gasteiger partial charge in [-0.3, -0.25) is 0 Å². The van der Waals surface area contributed by atoms with Crippen molar-refractivity contribution in [2.75, 3.05) is 12.4 Å². The predicted molar refractivity (Wildman–Crippen MR) is 60.2 cm³/mol. The molecule has 2 rings (SSSR count). The van der Waals surface area contributed by atoms with Crippen LogP contribution in [0.15, 0.2) is 36.4 Å². The average molecular weight is 236 g/mol. The van der Waals surface area contributed by atoms with Gasteiger partial charge in [0.2, 0.25) is 11.7 Å². The number of ether oxygens (including phenoxy) is 1. The number of aromatic nitrogens is 1. The maximum atomic E-state index is 13.3. The maximum absolute atomic E-state index is 13.3. The van der Waals surface area contributed by atoms with E-state index in [2.05, 4.69) is 10.3 Å². The quantitative estimate of drug-likeness (QED) is 0.888. The van der Waals surface area contributed by atoms with E-state index >= 15 is 0 Å². The van der Waals surface area contributed by atoms with Gasteiger partial charge < -0.3 is 10.1 Å². The first-order valence-corrected chi connectivity index (χ1v) is 4.97. The van der Waals surface area contributed by atoms with Crippen LogP contribution in [0.1, 0.15) is 0 Å². The summed E-state index contributed by atoms with van der Waals surface area (Å²) in [5.74, 6) is -1.39. The topological polar surface area (TPSA) is 34.1 Å². The summed E-state index contributed by atoms with van der Waals surface area (Å²) >= 11 is 0. The minimum absolute atomic E-state index is 0.189. The molecule has 1 aromatic heterocycles. The minimum Gasteiger partial charge on any atom is -0.436 e. The Balaban J connectivity index is 2.28. The summed E-state index contributed by atoms with van der Waals surface area (Å²) in [6.07, 6.45) is 0. The number of nitrogens with one attached hydrogen (secondary N) is 1. The first kappa shape index (κ1) is 11.3. The second-order valence-corrected chi connectivity index (χ2v) is 3.27. The number of benzene rings is 1. The van der Waals surface area contributed by atoms with E-state index in [1.54, 1.807) is 25.2 Å². The van der Waals surface area contributed by atoms with Crippen LogP contribution in [0.25, 0.3) is 0 Å². The first-order chi connectivity index (χ1) is 8.20. The lowest BCUT2D eigenvalue weighted by atomic mass is 10.3. The van der Waals surface area contributed by atoms with Crippen molar-refractivity contribution < 1.29 is 13.5 Å². The summed E-state index contributed by atoms with van der Waals surface area (Å²) in [6.45, 7) is 0. The molecule has 0 radical (unpaired) electrons. The second kappa shape index (κ2) is 4.78. The van der Waals surface area contributed by atoms with Crippen LogP contribution in [0.3, 0.4) is 0 Å². The lowest BCUT2D eigenvalue weighted by Gasteiger charge is -2.07. The molecule has 1 heterocycles. The highest BCUT2D eigenvalue weighted by Crippen LogP contribution is 2.25. The number of nitrogens with zero attached hydrogens (tertiary/aromatic N) is 1. The highest BCUT2D eigenvalue weighted by atomic mass is 19.2. The molecule has 0 saturated carbocycles. The van der Waals surface area contributed by atoms with Crippen LogP contribution >= 0.6 is 0 Å². The largest absolute Gasteiger partial charge is 0.436 e. The Bertz CT molecular complexity index is 532. The molecule has 0 bridgehead atoms. The molecule has 0 aliphatic rings. The van der Waals surface area contributed by atoms with Gasteiger partial charge in [-0.05, 0) is 18.2 Å². The van der Waals surface area contributed by atoms with Crippen molar-refractivity contribution in [3.8, 4) is 11.6 Å². The summed E-state index contributed by atoms with van der Waals surface area (Å²) in [5.41, 5.74) is 0. The van der Waals surface area contributed by atoms with Gasteiger partial charge in [0, 0.05) is 13.1 Å². The molecule has 2 aromatic rings. The fourth-order valence-electron chi connectivity index (χ4n) is 1.29. The van der Waals surface area contributed by atoms with Gasteiger partial charge in [0.05, 0.1) is 0 Å². The van der Waals surface area contributed by atoms with Gasteiger partial charge in [0.25, 0.3) is 0 Å². The molecule has 0 fully saturated rings. The third-order valence-electron chi connectivity index (χ3n) is 2.11. The molecule has 1 aromatic carbocycles. The third kappa shape index (κ3) is 2.50. The van der Waals surface area contributed by atoms with Gasteiger partial charge in [0.15, 0.2) is 11.6 Å². The number of hydrogen-bond donors (Lipinski definition) is 1. The van der Waals surface area contributed by atoms with E-state index in [4.69, 9.17) is 4.74 Å². The molecule has 0 amide bonds. The molecular weight excluding hydrogens is 226 g/mol. The van der Waals surface area contributed by atoms with Crippen LogP contribution in [0.2, 0.25) is 0 Å². The highest BCUT2D eigenvalue weighted by Gasteiger charge is 2.10. The zero-order chi connectivity index (χ0) is 12.3. The Kier molecular flexibility index (Phi) is 3.18. The molecule has 0 unspecified atom stereocenters. The molecular formula is C12H10F2N2O. The standard InChI is InChI=1S/C12H10F2N2O/c1-15-10-6-3-7-11(16-10)17-9-5-2-4-8(13)12(9)14/h2-7H,1H3,(H,15,16). The van der Waals surface area contributed by atoms with Crippen molar-refractivity contribution in [3.05, 3.63) is 48.0 Å². The van der Waals surface area contributed by atoms with Crippen molar-refractivity contribution >= 4 is 5.82 Å². The van der Waals surface area contributed by atoms with Crippen LogP contribution in [0, 0.1) is 11.6 Å². The molecule has 0 aliphatic carbocycles. The normalized spacial score (nSPS) is 10.1. The van der Waals surface area contributed by atoms with Gasteiger partial charge in [-0.1, -0.05) is 12.1 Å². The number of anilines is 1. The fourth-order valence-corrected chi connectivity index (χ4v) is 1.29. The first-order valence-electron chi connectivity index (χ1n) is 4.97. The van der Waals surface area contributed by atoms with Gasteiger partial charge in [-0.15, -0.1) is 0 Å². The van der Waals surface area contributed by atoms with Crippen LogP contribution in [-0.2, 0) is 0 Å². The Labute approximate surface area is 97.1 Å². The van der Waals surface area contributed by atoms with E-state index in [0.717, 1.165) is 6.07 Å². The Morgan fingerprint density at radius 1 is 1.12 bits per heavy atom. The second-order valence-electron chi connectivity index (χ2n) is 3.27. The number of rotatable bonds is 3. The highest BCUT2D eigenvalue weighted by molar-refractivity contribution is 5.38. The maximum Gasteiger partial charge on any atom is 0.221 e. The van der Waals surface area contributed by atoms with Crippen molar-refractivity contribution in [1.29, 1.82) is 0 Å². The van der Waals surface area contributed by atoms with E-state index in [1.165, 1.54) is 12.1 Å². The van der Waals surface area contributed by atoms with Crippen LogP contribution in [-0.4, -0.2) is 12.0 Å². The Hall–Kier alpha value is -2.17. The molecule has 5 heteroatoms. The molecule has 17 heavy (non-hydrogen) atoms. The molecule has 88 valence electrons. The predicted octanol–water partition coefficient (Wildman–Crippen LogP) is 3.19. The van der Waals surface area contributed by atoms with E-state index in [1.807, 2.05) is 0 Å². The van der Waals surface area contributed by atoms with E-state index in [-0.39, 0.29) is 11.6 Å². The van der Waals surface area contributed by atoms with Gasteiger partial charge >= 0.3 is 0 Å². The Morgan fingerprint density at radius 3 is 2.65 bits per heavy atom. The monoisotopic (exact) mass is 236 g/mol. The van der Waals surface area contributed by atoms with Crippen molar-refractivity contribution in [3.63, 3.8) is 0 Å². The van der Waals surface area contributed by atoms with Gasteiger partial charge in [-0.25, -0.2) is 4.39 Å². The number of halogens is 2. The van der Waals surface area contributed by atoms with E-state index < -0.39 is 11.6 Å². The van der Waals surface area contributed by atoms with Crippen LogP contribution in [0.5, 0.6) is 11.6 Å². The fraction of sp³-hybridized carbons (Fsp3) is 0.0833. The summed E-state index contributed by atoms with van der Waals surface area (Å²) < 4.78 is 31.4. The van der Waals surface area contributed by atoms with Crippen molar-refractivity contribution in [1.82, 2.24) is 4.98 Å². The summed E-state index contributed by atoms with van der Waals surface area (Å²) in [5, 5.41) is 2.82. The van der Waals surface area contributed by atoms with Crippen molar-refractivity contribution in [2.24, 2.45) is 0 Å². The Morgan fingerprint density at radius 2 is 1.88 bits per heavy atom. The lowest BCUT2D eigenvalue weighted by Crippen LogP contribution is -1.96. The molecule has 0 saturated heterocycles. The summed E-state index contributed by atoms with van der Waals surface area (Å²) in [4.78, 5) is 4.03. The van der Waals surface area contributed by atoms with Gasteiger partial charge in [-0.2, -0.15) is 9.37 Å². The summed E-state index contributed by atoms with van der Waals surface area (Å²) in [6, 6.07) is 8.73. The molecule has 1 N–H and O–H groups in total. The minimum atomic E-state index is -1.02. The number of pyridine rings is 1.